The molecule has 0 bridgehead atoms. The fraction of sp³-hybridized carbons (Fsp3) is 0.438. The first kappa shape index (κ1) is 15.2. The number of hydrogen-bond acceptors (Lipinski definition) is 3. The Morgan fingerprint density at radius 2 is 2.18 bits per heavy atom. The van der Waals surface area contributed by atoms with Crippen molar-refractivity contribution in [2.24, 2.45) is 0 Å². The van der Waals surface area contributed by atoms with E-state index in [1.54, 1.807) is 6.07 Å². The summed E-state index contributed by atoms with van der Waals surface area (Å²) >= 11 is 0. The molecule has 0 spiro atoms. The van der Waals surface area contributed by atoms with Crippen LogP contribution in [0.25, 0.3) is 10.9 Å². The van der Waals surface area contributed by atoms with Crippen molar-refractivity contribution in [3.05, 3.63) is 41.6 Å². The molecular weight excluding hydrogens is 291 g/mol. The summed E-state index contributed by atoms with van der Waals surface area (Å²) in [6.07, 6.45) is 1.92. The highest BCUT2D eigenvalue weighted by Gasteiger charge is 2.23. The Morgan fingerprint density at radius 3 is 3.00 bits per heavy atom. The molecule has 0 unspecified atom stereocenters. The maximum atomic E-state index is 13.7. The number of rotatable bonds is 4. The summed E-state index contributed by atoms with van der Waals surface area (Å²) in [5.74, 6) is -1.28. The van der Waals surface area contributed by atoms with E-state index in [9.17, 15) is 13.2 Å². The van der Waals surface area contributed by atoms with Crippen LogP contribution < -0.4 is 10.6 Å². The second-order valence-electron chi connectivity index (χ2n) is 5.57. The maximum Gasteiger partial charge on any atom is 0.152 e. The second kappa shape index (κ2) is 6.62. The highest BCUT2D eigenvalue weighted by Crippen LogP contribution is 2.21. The summed E-state index contributed by atoms with van der Waals surface area (Å²) in [6, 6.07) is 3.71. The quantitative estimate of drug-likeness (QED) is 0.910. The van der Waals surface area contributed by atoms with Crippen molar-refractivity contribution in [1.82, 2.24) is 15.6 Å². The first-order chi connectivity index (χ1) is 10.6. The van der Waals surface area contributed by atoms with Gasteiger partial charge in [0.2, 0.25) is 0 Å². The Bertz CT molecular complexity index is 662. The van der Waals surface area contributed by atoms with E-state index in [2.05, 4.69) is 15.6 Å². The van der Waals surface area contributed by atoms with Gasteiger partial charge < -0.3 is 10.6 Å². The Kier molecular flexibility index (Phi) is 4.59. The molecule has 3 nitrogen and oxygen atoms in total. The Morgan fingerprint density at radius 1 is 1.32 bits per heavy atom. The number of benzene rings is 1. The van der Waals surface area contributed by atoms with E-state index in [1.807, 2.05) is 0 Å². The number of piperidine rings is 1. The predicted octanol–water partition coefficient (Wildman–Crippen LogP) is 2.35. The zero-order valence-electron chi connectivity index (χ0n) is 12.1. The van der Waals surface area contributed by atoms with Crippen molar-refractivity contribution in [2.45, 2.75) is 25.1 Å². The summed E-state index contributed by atoms with van der Waals surface area (Å²) in [4.78, 5) is 3.96. The van der Waals surface area contributed by atoms with Crippen LogP contribution in [0.15, 0.2) is 24.4 Å². The molecule has 1 fully saturated rings. The Labute approximate surface area is 126 Å². The monoisotopic (exact) mass is 309 g/mol. The molecular formula is C16H18F3N3. The van der Waals surface area contributed by atoms with Crippen LogP contribution in [0.4, 0.5) is 13.2 Å². The summed E-state index contributed by atoms with van der Waals surface area (Å²) in [5.41, 5.74) is 0.976. The lowest BCUT2D eigenvalue weighted by atomic mass is 10.0. The molecule has 22 heavy (non-hydrogen) atoms. The SMILES string of the molecule is Fc1cc(F)c2nccc(CCN[C@H]3CCNC[C@H]3F)c2c1. The molecule has 6 heteroatoms. The average Bonchev–Trinajstić information content (AvgIpc) is 2.50. The van der Waals surface area contributed by atoms with Gasteiger partial charge in [0.1, 0.15) is 17.5 Å². The van der Waals surface area contributed by atoms with Gasteiger partial charge in [0.05, 0.1) is 0 Å². The van der Waals surface area contributed by atoms with E-state index in [1.165, 1.54) is 12.3 Å². The van der Waals surface area contributed by atoms with Gasteiger partial charge in [-0.15, -0.1) is 0 Å². The van der Waals surface area contributed by atoms with E-state index >= 15 is 0 Å². The lowest BCUT2D eigenvalue weighted by Crippen LogP contribution is -2.49. The summed E-state index contributed by atoms with van der Waals surface area (Å²) < 4.78 is 40.8. The van der Waals surface area contributed by atoms with Crippen LogP contribution in [-0.4, -0.2) is 36.8 Å². The van der Waals surface area contributed by atoms with E-state index in [0.717, 1.165) is 24.6 Å². The smallest absolute Gasteiger partial charge is 0.152 e. The fourth-order valence-electron chi connectivity index (χ4n) is 2.89. The topological polar surface area (TPSA) is 37.0 Å². The van der Waals surface area contributed by atoms with Crippen LogP contribution in [-0.2, 0) is 6.42 Å². The fourth-order valence-corrected chi connectivity index (χ4v) is 2.89. The normalized spacial score (nSPS) is 22.1. The third-order valence-electron chi connectivity index (χ3n) is 4.06. The van der Waals surface area contributed by atoms with Gasteiger partial charge in [-0.05, 0) is 43.6 Å². The first-order valence-corrected chi connectivity index (χ1v) is 7.46. The molecule has 1 aromatic heterocycles. The van der Waals surface area contributed by atoms with Gasteiger partial charge in [0.25, 0.3) is 0 Å². The van der Waals surface area contributed by atoms with Gasteiger partial charge in [-0.1, -0.05) is 0 Å². The molecule has 2 N–H and O–H groups in total. The van der Waals surface area contributed by atoms with E-state index < -0.39 is 17.8 Å². The van der Waals surface area contributed by atoms with Gasteiger partial charge >= 0.3 is 0 Å². The first-order valence-electron chi connectivity index (χ1n) is 7.46. The maximum absolute atomic E-state index is 13.7. The lowest BCUT2D eigenvalue weighted by molar-refractivity contribution is 0.204. The van der Waals surface area contributed by atoms with Crippen LogP contribution in [0, 0.1) is 11.6 Å². The molecule has 3 rings (SSSR count). The predicted molar refractivity (Wildman–Crippen MR) is 79.5 cm³/mol. The van der Waals surface area contributed by atoms with Crippen molar-refractivity contribution in [3.8, 4) is 0 Å². The zero-order valence-corrected chi connectivity index (χ0v) is 12.1. The third-order valence-corrected chi connectivity index (χ3v) is 4.06. The largest absolute Gasteiger partial charge is 0.314 e. The molecule has 2 heterocycles. The van der Waals surface area contributed by atoms with Gasteiger partial charge in [0, 0.05) is 30.2 Å². The number of nitrogens with one attached hydrogen (secondary N) is 2. The molecule has 0 radical (unpaired) electrons. The van der Waals surface area contributed by atoms with E-state index in [-0.39, 0.29) is 11.6 Å². The Balaban J connectivity index is 1.71. The van der Waals surface area contributed by atoms with Gasteiger partial charge in [-0.25, -0.2) is 13.2 Å². The van der Waals surface area contributed by atoms with Crippen molar-refractivity contribution in [2.75, 3.05) is 19.6 Å². The van der Waals surface area contributed by atoms with Crippen molar-refractivity contribution >= 4 is 10.9 Å². The third kappa shape index (κ3) is 3.23. The molecule has 118 valence electrons. The van der Waals surface area contributed by atoms with Gasteiger partial charge in [-0.2, -0.15) is 0 Å². The van der Waals surface area contributed by atoms with E-state index in [4.69, 9.17) is 0 Å². The number of alkyl halides is 1. The minimum atomic E-state index is -0.905. The number of hydrogen-bond donors (Lipinski definition) is 2. The van der Waals surface area contributed by atoms with Crippen LogP contribution in [0.3, 0.4) is 0 Å². The minimum absolute atomic E-state index is 0.164. The average molecular weight is 309 g/mol. The van der Waals surface area contributed by atoms with Crippen LogP contribution in [0.2, 0.25) is 0 Å². The number of pyridine rings is 1. The van der Waals surface area contributed by atoms with Crippen molar-refractivity contribution < 1.29 is 13.2 Å². The molecule has 0 amide bonds. The summed E-state index contributed by atoms with van der Waals surface area (Å²) in [6.45, 7) is 1.72. The molecule has 1 aromatic carbocycles. The van der Waals surface area contributed by atoms with Crippen LogP contribution >= 0.6 is 0 Å². The lowest BCUT2D eigenvalue weighted by Gasteiger charge is -2.27. The summed E-state index contributed by atoms with van der Waals surface area (Å²) in [5, 5.41) is 6.67. The number of nitrogens with zero attached hydrogens (tertiary/aromatic N) is 1. The molecule has 1 aliphatic rings. The highest BCUT2D eigenvalue weighted by molar-refractivity contribution is 5.82. The molecule has 1 aliphatic heterocycles. The molecule has 2 aromatic rings. The highest BCUT2D eigenvalue weighted by atomic mass is 19.1. The second-order valence-corrected chi connectivity index (χ2v) is 5.57. The Hall–Kier alpha value is -1.66. The van der Waals surface area contributed by atoms with E-state index in [0.29, 0.717) is 24.9 Å². The standard InChI is InChI=1S/C16H18F3N3/c17-11-7-12-10(2-6-22-16(12)13(18)8-11)1-5-21-15-3-4-20-9-14(15)19/h2,6-8,14-15,20-21H,1,3-5,9H2/t14-,15+/m1/s1. The summed E-state index contributed by atoms with van der Waals surface area (Å²) in [7, 11) is 0. The molecule has 0 saturated carbocycles. The number of fused-ring (bicyclic) bond motifs is 1. The molecule has 0 aliphatic carbocycles. The van der Waals surface area contributed by atoms with Crippen molar-refractivity contribution in [1.29, 1.82) is 0 Å². The van der Waals surface area contributed by atoms with Gasteiger partial charge in [0.15, 0.2) is 5.82 Å². The molecule has 1 saturated heterocycles. The minimum Gasteiger partial charge on any atom is -0.314 e. The van der Waals surface area contributed by atoms with Gasteiger partial charge in [-0.3, -0.25) is 4.98 Å². The zero-order chi connectivity index (χ0) is 15.5. The number of halogens is 3. The van der Waals surface area contributed by atoms with Crippen molar-refractivity contribution in [3.63, 3.8) is 0 Å². The molecule has 2 atom stereocenters. The number of aromatic nitrogens is 1. The van der Waals surface area contributed by atoms with Crippen LogP contribution in [0.5, 0.6) is 0 Å². The van der Waals surface area contributed by atoms with Crippen LogP contribution in [0.1, 0.15) is 12.0 Å².